The van der Waals surface area contributed by atoms with E-state index in [1.54, 1.807) is 14.2 Å². The van der Waals surface area contributed by atoms with E-state index in [1.165, 1.54) is 38.9 Å². The zero-order valence-corrected chi connectivity index (χ0v) is 19.5. The molecule has 0 bridgehead atoms. The predicted octanol–water partition coefficient (Wildman–Crippen LogP) is 7.24. The van der Waals surface area contributed by atoms with Gasteiger partial charge in [-0.1, -0.05) is 59.2 Å². The second-order valence-corrected chi connectivity index (χ2v) is 7.54. The Bertz CT molecular complexity index is 893. The van der Waals surface area contributed by atoms with E-state index in [0.717, 1.165) is 11.5 Å². The van der Waals surface area contributed by atoms with Crippen molar-refractivity contribution in [2.45, 2.75) is 48.5 Å². The van der Waals surface area contributed by atoms with Gasteiger partial charge in [-0.15, -0.1) is 0 Å². The molecule has 2 heteroatoms. The van der Waals surface area contributed by atoms with Crippen LogP contribution in [0.15, 0.2) is 54.6 Å². The lowest BCUT2D eigenvalue weighted by atomic mass is 10.1. The van der Waals surface area contributed by atoms with Gasteiger partial charge in [0.05, 0.1) is 14.2 Å². The Morgan fingerprint density at radius 3 is 1.38 bits per heavy atom. The standard InChI is InChI=1S/C10H14O.C9H12O.C8H10/c1-7-5-9(3)10(11-4)6-8(7)2;1-7-4-5-9(10-3)8(2)6-7;1-7-4-3-5-8(2)6-7/h5-6H,1-4H3;4-6H,1-3H3;3-6H,1-2H3. The van der Waals surface area contributed by atoms with Gasteiger partial charge in [0.2, 0.25) is 0 Å². The Morgan fingerprint density at radius 2 is 0.931 bits per heavy atom. The molecule has 0 radical (unpaired) electrons. The fourth-order valence-electron chi connectivity index (χ4n) is 2.99. The fraction of sp³-hybridized carbons (Fsp3) is 0.333. The number of benzene rings is 3. The molecule has 3 aromatic carbocycles. The fourth-order valence-corrected chi connectivity index (χ4v) is 2.99. The third kappa shape index (κ3) is 8.43. The minimum absolute atomic E-state index is 0.964. The molecule has 156 valence electrons. The summed E-state index contributed by atoms with van der Waals surface area (Å²) in [5.41, 5.74) is 8.96. The van der Waals surface area contributed by atoms with Gasteiger partial charge in [0.25, 0.3) is 0 Å². The number of ether oxygens (including phenoxy) is 2. The molecular weight excluding hydrogens is 356 g/mol. The summed E-state index contributed by atoms with van der Waals surface area (Å²) in [5, 5.41) is 0. The molecule has 0 aliphatic carbocycles. The first kappa shape index (κ1) is 24.3. The molecule has 0 heterocycles. The SMILES string of the molecule is COc1cc(C)c(C)cc1C.COc1ccc(C)cc1C.Cc1cccc(C)c1. The van der Waals surface area contributed by atoms with Crippen molar-refractivity contribution in [1.29, 1.82) is 0 Å². The van der Waals surface area contributed by atoms with E-state index in [4.69, 9.17) is 9.47 Å². The second kappa shape index (κ2) is 12.0. The zero-order chi connectivity index (χ0) is 22.0. The van der Waals surface area contributed by atoms with Crippen LogP contribution in [-0.4, -0.2) is 14.2 Å². The summed E-state index contributed by atoms with van der Waals surface area (Å²) in [6.07, 6.45) is 0. The van der Waals surface area contributed by atoms with Crippen molar-refractivity contribution >= 4 is 0 Å². The summed E-state index contributed by atoms with van der Waals surface area (Å²) < 4.78 is 10.3. The van der Waals surface area contributed by atoms with Crippen molar-refractivity contribution in [3.05, 3.63) is 93.5 Å². The van der Waals surface area contributed by atoms with Crippen LogP contribution < -0.4 is 9.47 Å². The summed E-state index contributed by atoms with van der Waals surface area (Å²) in [6.45, 7) is 14.6. The minimum atomic E-state index is 0.964. The molecule has 0 spiro atoms. The highest BCUT2D eigenvalue weighted by molar-refractivity contribution is 5.40. The Balaban J connectivity index is 0.000000220. The molecule has 0 unspecified atom stereocenters. The molecule has 0 aliphatic rings. The lowest BCUT2D eigenvalue weighted by Crippen LogP contribution is -1.90. The van der Waals surface area contributed by atoms with Crippen LogP contribution in [0.1, 0.15) is 38.9 Å². The maximum Gasteiger partial charge on any atom is 0.122 e. The minimum Gasteiger partial charge on any atom is -0.496 e. The molecule has 0 aromatic heterocycles. The van der Waals surface area contributed by atoms with E-state index < -0.39 is 0 Å². The topological polar surface area (TPSA) is 18.5 Å². The average Bonchev–Trinajstić information content (AvgIpc) is 2.66. The number of hydrogen-bond donors (Lipinski definition) is 0. The molecule has 3 rings (SSSR count). The van der Waals surface area contributed by atoms with Crippen LogP contribution in [0.4, 0.5) is 0 Å². The molecule has 0 amide bonds. The number of methoxy groups -OCH3 is 2. The van der Waals surface area contributed by atoms with Gasteiger partial charge in [0.15, 0.2) is 0 Å². The van der Waals surface area contributed by atoms with Gasteiger partial charge in [-0.2, -0.15) is 0 Å². The van der Waals surface area contributed by atoms with E-state index >= 15 is 0 Å². The van der Waals surface area contributed by atoms with Crippen LogP contribution in [0, 0.1) is 48.5 Å². The average molecular weight is 393 g/mol. The Hall–Kier alpha value is -2.74. The highest BCUT2D eigenvalue weighted by Gasteiger charge is 1.99. The molecule has 0 saturated carbocycles. The van der Waals surface area contributed by atoms with Crippen LogP contribution in [0.3, 0.4) is 0 Å². The molecule has 2 nitrogen and oxygen atoms in total. The Labute approximate surface area is 177 Å². The van der Waals surface area contributed by atoms with Gasteiger partial charge in [-0.25, -0.2) is 0 Å². The van der Waals surface area contributed by atoms with Crippen molar-refractivity contribution < 1.29 is 9.47 Å². The monoisotopic (exact) mass is 392 g/mol. The first-order chi connectivity index (χ1) is 13.7. The summed E-state index contributed by atoms with van der Waals surface area (Å²) in [6, 6.07) is 18.8. The largest absolute Gasteiger partial charge is 0.496 e. The van der Waals surface area contributed by atoms with Crippen molar-refractivity contribution in [3.63, 3.8) is 0 Å². The van der Waals surface area contributed by atoms with Crippen LogP contribution >= 0.6 is 0 Å². The summed E-state index contributed by atoms with van der Waals surface area (Å²) in [5.74, 6) is 1.94. The molecule has 0 fully saturated rings. The van der Waals surface area contributed by atoms with Gasteiger partial charge in [0, 0.05) is 0 Å². The van der Waals surface area contributed by atoms with Crippen molar-refractivity contribution in [2.24, 2.45) is 0 Å². The van der Waals surface area contributed by atoms with E-state index in [9.17, 15) is 0 Å². The van der Waals surface area contributed by atoms with Crippen molar-refractivity contribution in [1.82, 2.24) is 0 Å². The second-order valence-electron chi connectivity index (χ2n) is 7.54. The number of aryl methyl sites for hydroxylation is 7. The van der Waals surface area contributed by atoms with E-state index in [2.05, 4.69) is 84.0 Å². The number of rotatable bonds is 2. The maximum absolute atomic E-state index is 5.18. The van der Waals surface area contributed by atoms with Crippen molar-refractivity contribution in [2.75, 3.05) is 14.2 Å². The Kier molecular flexibility index (Phi) is 10.0. The molecular formula is C27H36O2. The van der Waals surface area contributed by atoms with Gasteiger partial charge in [0.1, 0.15) is 11.5 Å². The van der Waals surface area contributed by atoms with Crippen LogP contribution in [0.25, 0.3) is 0 Å². The summed E-state index contributed by atoms with van der Waals surface area (Å²) >= 11 is 0. The molecule has 0 aliphatic heterocycles. The van der Waals surface area contributed by atoms with Gasteiger partial charge >= 0.3 is 0 Å². The van der Waals surface area contributed by atoms with Crippen LogP contribution in [0.5, 0.6) is 11.5 Å². The third-order valence-corrected chi connectivity index (χ3v) is 4.74. The van der Waals surface area contributed by atoms with E-state index in [0.29, 0.717) is 0 Å². The number of hydrogen-bond acceptors (Lipinski definition) is 2. The van der Waals surface area contributed by atoms with Gasteiger partial charge in [-0.05, 0) is 82.9 Å². The lowest BCUT2D eigenvalue weighted by molar-refractivity contribution is 0.411. The molecule has 0 atom stereocenters. The predicted molar refractivity (Wildman–Crippen MR) is 126 cm³/mol. The van der Waals surface area contributed by atoms with Crippen molar-refractivity contribution in [3.8, 4) is 11.5 Å². The van der Waals surface area contributed by atoms with Gasteiger partial charge in [-0.3, -0.25) is 0 Å². The highest BCUT2D eigenvalue weighted by Crippen LogP contribution is 2.21. The zero-order valence-electron chi connectivity index (χ0n) is 19.5. The third-order valence-electron chi connectivity index (χ3n) is 4.74. The summed E-state index contributed by atoms with van der Waals surface area (Å²) in [4.78, 5) is 0. The maximum atomic E-state index is 5.18. The van der Waals surface area contributed by atoms with E-state index in [-0.39, 0.29) is 0 Å². The van der Waals surface area contributed by atoms with E-state index in [1.807, 2.05) is 19.1 Å². The molecule has 0 saturated heterocycles. The highest BCUT2D eigenvalue weighted by atomic mass is 16.5. The lowest BCUT2D eigenvalue weighted by Gasteiger charge is -2.07. The first-order valence-corrected chi connectivity index (χ1v) is 9.94. The summed E-state index contributed by atoms with van der Waals surface area (Å²) in [7, 11) is 3.40. The van der Waals surface area contributed by atoms with Gasteiger partial charge < -0.3 is 9.47 Å². The van der Waals surface area contributed by atoms with Crippen LogP contribution in [-0.2, 0) is 0 Å². The Morgan fingerprint density at radius 1 is 0.448 bits per heavy atom. The molecule has 29 heavy (non-hydrogen) atoms. The smallest absolute Gasteiger partial charge is 0.122 e. The first-order valence-electron chi connectivity index (χ1n) is 9.94. The molecule has 0 N–H and O–H groups in total. The molecule has 3 aromatic rings. The normalized spacial score (nSPS) is 9.55. The van der Waals surface area contributed by atoms with Crippen LogP contribution in [0.2, 0.25) is 0 Å². The quantitative estimate of drug-likeness (QED) is 0.458.